The summed E-state index contributed by atoms with van der Waals surface area (Å²) in [5.41, 5.74) is -0.511. The summed E-state index contributed by atoms with van der Waals surface area (Å²) in [6.07, 6.45) is 1.89. The molecule has 0 N–H and O–H groups in total. The van der Waals surface area contributed by atoms with Crippen LogP contribution in [0.3, 0.4) is 0 Å². The standard InChI is InChI=1S/C21H25BrN2O6/c1-26-13-24-19(12-29-18-6-4-5-15(22)9-18)21(20(24)25,30-14-27-2)11-16-10-17(28-3)7-8-23-16/h4-10,19H,11-14H2,1-3H3/t19-,21+/m0/s1. The van der Waals surface area contributed by atoms with Gasteiger partial charge in [-0.1, -0.05) is 22.0 Å². The van der Waals surface area contributed by atoms with Crippen LogP contribution in [0.5, 0.6) is 11.5 Å². The van der Waals surface area contributed by atoms with Crippen LogP contribution in [0.1, 0.15) is 5.69 Å². The number of halogens is 1. The molecule has 2 aromatic rings. The first kappa shape index (κ1) is 22.5. The SMILES string of the molecule is COCO[C@@]1(Cc2cc(OC)ccn2)C(=O)N(COC)[C@H]1COc1cccc(Br)c1. The van der Waals surface area contributed by atoms with Crippen molar-refractivity contribution in [2.24, 2.45) is 0 Å². The Balaban J connectivity index is 1.87. The third-order valence-corrected chi connectivity index (χ3v) is 5.40. The Morgan fingerprint density at radius 1 is 1.13 bits per heavy atom. The van der Waals surface area contributed by atoms with Crippen molar-refractivity contribution in [3.63, 3.8) is 0 Å². The van der Waals surface area contributed by atoms with E-state index < -0.39 is 11.6 Å². The second-order valence-corrected chi connectivity index (χ2v) is 7.70. The van der Waals surface area contributed by atoms with E-state index in [0.717, 1.165) is 4.47 Å². The van der Waals surface area contributed by atoms with Gasteiger partial charge in [-0.15, -0.1) is 0 Å². The Morgan fingerprint density at radius 3 is 2.67 bits per heavy atom. The summed E-state index contributed by atoms with van der Waals surface area (Å²) in [5, 5.41) is 0. The Labute approximate surface area is 184 Å². The highest BCUT2D eigenvalue weighted by Gasteiger charge is 2.62. The number of aromatic nitrogens is 1. The minimum atomic E-state index is -1.18. The zero-order valence-corrected chi connectivity index (χ0v) is 18.8. The number of methoxy groups -OCH3 is 3. The number of β-lactam (4-membered cyclic amide) rings is 1. The molecule has 1 saturated heterocycles. The average Bonchev–Trinajstić information content (AvgIpc) is 2.76. The van der Waals surface area contributed by atoms with E-state index in [1.165, 1.54) is 7.11 Å². The number of hydrogen-bond donors (Lipinski definition) is 0. The van der Waals surface area contributed by atoms with E-state index in [1.807, 2.05) is 24.3 Å². The van der Waals surface area contributed by atoms with Gasteiger partial charge in [0.1, 0.15) is 37.7 Å². The molecule has 3 rings (SSSR count). The monoisotopic (exact) mass is 480 g/mol. The summed E-state index contributed by atoms with van der Waals surface area (Å²) in [6, 6.07) is 10.7. The number of pyridine rings is 1. The number of carbonyl (C=O) groups excluding carboxylic acids is 1. The maximum atomic E-state index is 13.2. The largest absolute Gasteiger partial charge is 0.497 e. The number of benzene rings is 1. The van der Waals surface area contributed by atoms with Crippen LogP contribution in [0.4, 0.5) is 0 Å². The molecular weight excluding hydrogens is 456 g/mol. The molecule has 2 heterocycles. The first-order valence-corrected chi connectivity index (χ1v) is 10.1. The van der Waals surface area contributed by atoms with Gasteiger partial charge >= 0.3 is 0 Å². The lowest BCUT2D eigenvalue weighted by molar-refractivity contribution is -0.236. The van der Waals surface area contributed by atoms with Crippen LogP contribution >= 0.6 is 15.9 Å². The van der Waals surface area contributed by atoms with Gasteiger partial charge in [-0.25, -0.2) is 0 Å². The van der Waals surface area contributed by atoms with Crippen molar-refractivity contribution in [2.75, 3.05) is 41.5 Å². The fourth-order valence-corrected chi connectivity index (χ4v) is 3.85. The van der Waals surface area contributed by atoms with Gasteiger partial charge in [-0.3, -0.25) is 9.78 Å². The molecule has 0 bridgehead atoms. The Hall–Kier alpha value is -2.20. The van der Waals surface area contributed by atoms with Crippen molar-refractivity contribution in [3.05, 3.63) is 52.8 Å². The topological polar surface area (TPSA) is 79.4 Å². The number of amides is 1. The number of carbonyl (C=O) groups is 1. The van der Waals surface area contributed by atoms with E-state index in [1.54, 1.807) is 37.4 Å². The molecule has 1 fully saturated rings. The molecule has 1 aliphatic rings. The quantitative estimate of drug-likeness (QED) is 0.361. The third kappa shape index (κ3) is 4.75. The van der Waals surface area contributed by atoms with Crippen molar-refractivity contribution in [2.45, 2.75) is 18.1 Å². The molecule has 1 aliphatic heterocycles. The average molecular weight is 481 g/mol. The molecule has 0 unspecified atom stereocenters. The summed E-state index contributed by atoms with van der Waals surface area (Å²) in [7, 11) is 4.64. The van der Waals surface area contributed by atoms with Gasteiger partial charge in [0.15, 0.2) is 5.60 Å². The van der Waals surface area contributed by atoms with Crippen molar-refractivity contribution in [1.29, 1.82) is 0 Å². The van der Waals surface area contributed by atoms with E-state index in [9.17, 15) is 4.79 Å². The minimum Gasteiger partial charge on any atom is -0.497 e. The molecule has 8 nitrogen and oxygen atoms in total. The van der Waals surface area contributed by atoms with Gasteiger partial charge in [0.05, 0.1) is 7.11 Å². The molecule has 2 atom stereocenters. The van der Waals surface area contributed by atoms with Gasteiger partial charge in [0.25, 0.3) is 5.91 Å². The first-order chi connectivity index (χ1) is 14.5. The lowest BCUT2D eigenvalue weighted by atomic mass is 9.78. The molecule has 0 radical (unpaired) electrons. The van der Waals surface area contributed by atoms with E-state index in [0.29, 0.717) is 17.2 Å². The summed E-state index contributed by atoms with van der Waals surface area (Å²) in [6.45, 7) is 0.318. The summed E-state index contributed by atoms with van der Waals surface area (Å²) < 4.78 is 28.5. The third-order valence-electron chi connectivity index (χ3n) is 4.91. The fraction of sp³-hybridized carbons (Fsp3) is 0.429. The number of nitrogens with zero attached hydrogens (tertiary/aromatic N) is 2. The summed E-state index contributed by atoms with van der Waals surface area (Å²) in [4.78, 5) is 19.1. The van der Waals surface area contributed by atoms with Crippen molar-refractivity contribution in [3.8, 4) is 11.5 Å². The number of ether oxygens (including phenoxy) is 5. The molecule has 9 heteroatoms. The second-order valence-electron chi connectivity index (χ2n) is 6.78. The predicted octanol–water partition coefficient (Wildman–Crippen LogP) is 2.65. The minimum absolute atomic E-state index is 0.0378. The predicted molar refractivity (Wildman–Crippen MR) is 112 cm³/mol. The molecule has 30 heavy (non-hydrogen) atoms. The molecule has 1 amide bonds. The molecule has 1 aromatic carbocycles. The van der Waals surface area contributed by atoms with Gasteiger partial charge in [-0.05, 0) is 24.3 Å². The van der Waals surface area contributed by atoms with Crippen LogP contribution in [0.2, 0.25) is 0 Å². The van der Waals surface area contributed by atoms with Gasteiger partial charge in [0, 0.05) is 43.1 Å². The summed E-state index contributed by atoms with van der Waals surface area (Å²) in [5.74, 6) is 1.14. The molecule has 162 valence electrons. The maximum Gasteiger partial charge on any atom is 0.259 e. The van der Waals surface area contributed by atoms with Crippen LogP contribution in [0, 0.1) is 0 Å². The highest BCUT2D eigenvalue weighted by Crippen LogP contribution is 2.38. The van der Waals surface area contributed by atoms with E-state index in [4.69, 9.17) is 23.7 Å². The van der Waals surface area contributed by atoms with E-state index in [-0.39, 0.29) is 32.5 Å². The number of likely N-dealkylation sites (tertiary alicyclic amines) is 1. The van der Waals surface area contributed by atoms with Crippen LogP contribution in [0.15, 0.2) is 47.1 Å². The van der Waals surface area contributed by atoms with Crippen molar-refractivity contribution in [1.82, 2.24) is 9.88 Å². The van der Waals surface area contributed by atoms with Gasteiger partial charge in [-0.2, -0.15) is 0 Å². The van der Waals surface area contributed by atoms with Crippen molar-refractivity contribution >= 4 is 21.8 Å². The van der Waals surface area contributed by atoms with Crippen LogP contribution in [0.25, 0.3) is 0 Å². The highest BCUT2D eigenvalue weighted by atomic mass is 79.9. The molecule has 0 aliphatic carbocycles. The van der Waals surface area contributed by atoms with Gasteiger partial charge < -0.3 is 28.6 Å². The smallest absolute Gasteiger partial charge is 0.259 e. The van der Waals surface area contributed by atoms with Crippen molar-refractivity contribution < 1.29 is 28.5 Å². The summed E-state index contributed by atoms with van der Waals surface area (Å²) >= 11 is 3.44. The number of rotatable bonds is 11. The fourth-order valence-electron chi connectivity index (χ4n) is 3.47. The second kappa shape index (κ2) is 10.2. The van der Waals surface area contributed by atoms with E-state index >= 15 is 0 Å². The molecule has 1 aromatic heterocycles. The lowest BCUT2D eigenvalue weighted by Gasteiger charge is -2.54. The van der Waals surface area contributed by atoms with Crippen LogP contribution in [-0.4, -0.2) is 68.9 Å². The number of hydrogen-bond acceptors (Lipinski definition) is 7. The molecule has 0 spiro atoms. The first-order valence-electron chi connectivity index (χ1n) is 9.34. The maximum absolute atomic E-state index is 13.2. The lowest BCUT2D eigenvalue weighted by Crippen LogP contribution is -2.77. The Bertz CT molecular complexity index is 867. The van der Waals surface area contributed by atoms with Crippen LogP contribution < -0.4 is 9.47 Å². The highest BCUT2D eigenvalue weighted by molar-refractivity contribution is 9.10. The van der Waals surface area contributed by atoms with Gasteiger partial charge in [0.2, 0.25) is 0 Å². The Morgan fingerprint density at radius 2 is 1.97 bits per heavy atom. The zero-order valence-electron chi connectivity index (χ0n) is 17.2. The Kier molecular flexibility index (Phi) is 7.65. The zero-order chi connectivity index (χ0) is 21.6. The normalized spacial score (nSPS) is 20.7. The van der Waals surface area contributed by atoms with Crippen LogP contribution in [-0.2, 0) is 25.4 Å². The van der Waals surface area contributed by atoms with E-state index in [2.05, 4.69) is 20.9 Å². The molecule has 0 saturated carbocycles. The molecular formula is C21H25BrN2O6.